The van der Waals surface area contributed by atoms with Crippen molar-refractivity contribution in [3.8, 4) is 6.07 Å². The summed E-state index contributed by atoms with van der Waals surface area (Å²) < 4.78 is 6.89. The molecule has 0 amide bonds. The van der Waals surface area contributed by atoms with Crippen molar-refractivity contribution in [3.63, 3.8) is 0 Å². The molecule has 39 heavy (non-hydrogen) atoms. The molecule has 0 aromatic rings. The van der Waals surface area contributed by atoms with Gasteiger partial charge in [-0.3, -0.25) is 0 Å². The van der Waals surface area contributed by atoms with E-state index in [-0.39, 0.29) is 17.6 Å². The maximum absolute atomic E-state index is 13.1. The van der Waals surface area contributed by atoms with Crippen molar-refractivity contribution in [2.75, 3.05) is 5.75 Å². The minimum Gasteiger partial charge on any atom is -0.458 e. The molecule has 4 rings (SSSR count). The molecular weight excluding hydrogens is 519 g/mol. The van der Waals surface area contributed by atoms with Crippen LogP contribution in [0.5, 0.6) is 0 Å². The predicted molar refractivity (Wildman–Crippen MR) is 167 cm³/mol. The Kier molecular flexibility index (Phi) is 13.5. The van der Waals surface area contributed by atoms with Crippen molar-refractivity contribution < 1.29 is 9.53 Å². The van der Waals surface area contributed by atoms with Gasteiger partial charge in [-0.05, 0) is 81.0 Å². The molecule has 0 bridgehead atoms. The highest BCUT2D eigenvalue weighted by molar-refractivity contribution is 8.25. The number of thioether (sulfide) groups is 2. The number of unbranched alkanes of at least 4 members (excludes halogenated alkanes) is 4. The van der Waals surface area contributed by atoms with Crippen LogP contribution in [0.2, 0.25) is 0 Å². The summed E-state index contributed by atoms with van der Waals surface area (Å²) in [5, 5.41) is 10.4. The summed E-state index contributed by atoms with van der Waals surface area (Å²) in [5.74, 6) is 5.00. The number of nitrogens with zero attached hydrogens (tertiary/aromatic N) is 1. The Labute approximate surface area is 248 Å². The van der Waals surface area contributed by atoms with Gasteiger partial charge < -0.3 is 4.74 Å². The first-order chi connectivity index (χ1) is 19.1. The molecule has 1 atom stereocenters. The van der Waals surface area contributed by atoms with E-state index in [4.69, 9.17) is 4.74 Å². The van der Waals surface area contributed by atoms with Crippen molar-refractivity contribution in [1.82, 2.24) is 0 Å². The van der Waals surface area contributed by atoms with E-state index in [0.29, 0.717) is 5.25 Å². The zero-order valence-electron chi connectivity index (χ0n) is 25.0. The highest BCUT2D eigenvalue weighted by Gasteiger charge is 2.36. The second-order valence-electron chi connectivity index (χ2n) is 13.2. The van der Waals surface area contributed by atoms with Crippen LogP contribution in [0.15, 0.2) is 9.81 Å². The third-order valence-electron chi connectivity index (χ3n) is 10.5. The smallest absolute Gasteiger partial charge is 0.350 e. The molecule has 4 fully saturated rings. The number of ether oxygens (including phenoxy) is 1. The van der Waals surface area contributed by atoms with Crippen LogP contribution in [0.1, 0.15) is 142 Å². The maximum atomic E-state index is 13.1. The Morgan fingerprint density at radius 2 is 1.36 bits per heavy atom. The van der Waals surface area contributed by atoms with Gasteiger partial charge in [-0.15, -0.1) is 23.5 Å². The average Bonchev–Trinajstić information content (AvgIpc) is 3.44. The van der Waals surface area contributed by atoms with E-state index < -0.39 is 0 Å². The number of rotatable bonds is 12. The molecule has 4 aliphatic rings. The summed E-state index contributed by atoms with van der Waals surface area (Å²) in [6, 6.07) is 2.23. The number of carbonyl (C=O) groups excluding carboxylic acids is 1. The molecule has 1 heterocycles. The highest BCUT2D eigenvalue weighted by atomic mass is 32.2. The Morgan fingerprint density at radius 3 is 1.97 bits per heavy atom. The van der Waals surface area contributed by atoms with Gasteiger partial charge >= 0.3 is 5.97 Å². The second-order valence-corrected chi connectivity index (χ2v) is 15.8. The van der Waals surface area contributed by atoms with E-state index in [1.165, 1.54) is 116 Å². The predicted octanol–water partition coefficient (Wildman–Crippen LogP) is 10.4. The Morgan fingerprint density at radius 1 is 0.769 bits per heavy atom. The lowest BCUT2D eigenvalue weighted by molar-refractivity contribution is -0.145. The number of nitriles is 1. The van der Waals surface area contributed by atoms with E-state index in [1.54, 1.807) is 23.5 Å². The normalized spacial score (nSPS) is 34.8. The SMILES string of the molecule is CCCCCCCC1CCC(C2CCC(OC(=O)/C(C#N)=C3\SCC(C4CCC(CCC)CC4)S3)CC2)CC1. The Balaban J connectivity index is 1.15. The zero-order chi connectivity index (χ0) is 27.5. The molecule has 1 saturated heterocycles. The minimum atomic E-state index is -0.359. The van der Waals surface area contributed by atoms with E-state index in [1.807, 2.05) is 0 Å². The van der Waals surface area contributed by atoms with Crippen LogP contribution in [-0.4, -0.2) is 23.1 Å². The summed E-state index contributed by atoms with van der Waals surface area (Å²) >= 11 is 3.53. The monoisotopic (exact) mass is 573 g/mol. The summed E-state index contributed by atoms with van der Waals surface area (Å²) in [7, 11) is 0. The molecular formula is C34H55NO2S2. The summed E-state index contributed by atoms with van der Waals surface area (Å²) in [6.45, 7) is 4.59. The quantitative estimate of drug-likeness (QED) is 0.101. The van der Waals surface area contributed by atoms with Crippen LogP contribution in [-0.2, 0) is 9.53 Å². The third-order valence-corrected chi connectivity index (χ3v) is 13.7. The first kappa shape index (κ1) is 31.3. The van der Waals surface area contributed by atoms with Gasteiger partial charge in [0.05, 0.1) is 4.24 Å². The molecule has 0 N–H and O–H groups in total. The van der Waals surface area contributed by atoms with Crippen LogP contribution in [0, 0.1) is 40.9 Å². The van der Waals surface area contributed by atoms with Gasteiger partial charge in [0.15, 0.2) is 5.57 Å². The lowest BCUT2D eigenvalue weighted by atomic mass is 9.70. The van der Waals surface area contributed by atoms with E-state index in [0.717, 1.165) is 52.4 Å². The van der Waals surface area contributed by atoms with Gasteiger partial charge in [-0.1, -0.05) is 90.9 Å². The first-order valence-electron chi connectivity index (χ1n) is 16.8. The van der Waals surface area contributed by atoms with Crippen molar-refractivity contribution >= 4 is 29.5 Å². The van der Waals surface area contributed by atoms with Crippen LogP contribution in [0.25, 0.3) is 0 Å². The summed E-state index contributed by atoms with van der Waals surface area (Å²) in [6.07, 6.45) is 26.5. The van der Waals surface area contributed by atoms with Gasteiger partial charge in [-0.25, -0.2) is 4.79 Å². The van der Waals surface area contributed by atoms with Crippen molar-refractivity contribution in [2.45, 2.75) is 154 Å². The molecule has 0 aromatic carbocycles. The molecule has 1 aliphatic heterocycles. The van der Waals surface area contributed by atoms with Crippen LogP contribution >= 0.6 is 23.5 Å². The first-order valence-corrected chi connectivity index (χ1v) is 18.6. The van der Waals surface area contributed by atoms with E-state index >= 15 is 0 Å². The van der Waals surface area contributed by atoms with Crippen molar-refractivity contribution in [3.05, 3.63) is 9.81 Å². The number of carbonyl (C=O) groups is 1. The molecule has 0 aromatic heterocycles. The molecule has 3 saturated carbocycles. The zero-order valence-corrected chi connectivity index (χ0v) is 26.6. The molecule has 0 radical (unpaired) electrons. The highest BCUT2D eigenvalue weighted by Crippen LogP contribution is 2.50. The lowest BCUT2D eigenvalue weighted by Crippen LogP contribution is -2.30. The largest absolute Gasteiger partial charge is 0.458 e. The Hall–Kier alpha value is -0.600. The number of hydrogen-bond acceptors (Lipinski definition) is 5. The lowest BCUT2D eigenvalue weighted by Gasteiger charge is -2.37. The molecule has 1 unspecified atom stereocenters. The van der Waals surface area contributed by atoms with E-state index in [9.17, 15) is 10.1 Å². The second kappa shape index (κ2) is 16.7. The topological polar surface area (TPSA) is 50.1 Å². The average molecular weight is 574 g/mol. The van der Waals surface area contributed by atoms with Crippen LogP contribution < -0.4 is 0 Å². The van der Waals surface area contributed by atoms with Crippen LogP contribution in [0.4, 0.5) is 0 Å². The number of esters is 1. The van der Waals surface area contributed by atoms with Crippen molar-refractivity contribution in [1.29, 1.82) is 5.26 Å². The molecule has 3 nitrogen and oxygen atoms in total. The number of hydrogen-bond donors (Lipinski definition) is 0. The molecule has 5 heteroatoms. The Bertz CT molecular complexity index is 812. The summed E-state index contributed by atoms with van der Waals surface area (Å²) in [5.41, 5.74) is 0.280. The fraction of sp³-hybridized carbons (Fsp3) is 0.882. The summed E-state index contributed by atoms with van der Waals surface area (Å²) in [4.78, 5) is 13.1. The van der Waals surface area contributed by atoms with Crippen LogP contribution in [0.3, 0.4) is 0 Å². The van der Waals surface area contributed by atoms with Gasteiger partial charge in [0.2, 0.25) is 0 Å². The molecule has 220 valence electrons. The van der Waals surface area contributed by atoms with Crippen molar-refractivity contribution in [2.24, 2.45) is 29.6 Å². The molecule has 0 spiro atoms. The third kappa shape index (κ3) is 9.46. The van der Waals surface area contributed by atoms with Gasteiger partial charge in [0.25, 0.3) is 0 Å². The minimum absolute atomic E-state index is 0.00166. The van der Waals surface area contributed by atoms with Gasteiger partial charge in [0.1, 0.15) is 12.2 Å². The molecule has 3 aliphatic carbocycles. The maximum Gasteiger partial charge on any atom is 0.350 e. The standard InChI is InChI=1S/C34H55NO2S2/c1-3-5-6-7-8-10-26-11-15-27(16-12-26)28-19-21-30(22-20-28)37-33(36)31(23-35)34-38-24-32(39-34)29-17-13-25(9-4-2)14-18-29/h25-30,32H,3-22,24H2,1-2H3/b34-31+. The van der Waals surface area contributed by atoms with Gasteiger partial charge in [-0.2, -0.15) is 5.26 Å². The fourth-order valence-corrected chi connectivity index (χ4v) is 11.2. The fourth-order valence-electron chi connectivity index (χ4n) is 8.03. The van der Waals surface area contributed by atoms with Gasteiger partial charge in [0, 0.05) is 11.0 Å². The van der Waals surface area contributed by atoms with E-state index in [2.05, 4.69) is 19.9 Å².